The van der Waals surface area contributed by atoms with E-state index in [1.807, 2.05) is 12.1 Å². The first kappa shape index (κ1) is 17.2. The SMILES string of the molecule is CN(Cc1ccc(Br)s1)C(=O)c1ccc(CS(C)(=O)=O)cc1. The zero-order chi connectivity index (χ0) is 16.3. The lowest BCUT2D eigenvalue weighted by Crippen LogP contribution is -2.25. The van der Waals surface area contributed by atoms with Crippen molar-refractivity contribution in [2.24, 2.45) is 0 Å². The summed E-state index contributed by atoms with van der Waals surface area (Å²) in [6.07, 6.45) is 1.19. The van der Waals surface area contributed by atoms with E-state index in [4.69, 9.17) is 0 Å². The normalized spacial score (nSPS) is 11.4. The Kier molecular flexibility index (Phi) is 5.41. The van der Waals surface area contributed by atoms with E-state index in [0.29, 0.717) is 17.7 Å². The number of rotatable bonds is 5. The molecule has 7 heteroatoms. The lowest BCUT2D eigenvalue weighted by molar-refractivity contribution is 0.0786. The molecule has 0 unspecified atom stereocenters. The summed E-state index contributed by atoms with van der Waals surface area (Å²) >= 11 is 5.00. The summed E-state index contributed by atoms with van der Waals surface area (Å²) in [5.74, 6) is -0.101. The molecule has 1 amide bonds. The predicted octanol–water partition coefficient (Wildman–Crippen LogP) is 3.33. The van der Waals surface area contributed by atoms with Gasteiger partial charge in [-0.1, -0.05) is 12.1 Å². The molecule has 0 bridgehead atoms. The lowest BCUT2D eigenvalue weighted by Gasteiger charge is -2.16. The topological polar surface area (TPSA) is 54.5 Å². The van der Waals surface area contributed by atoms with E-state index in [1.165, 1.54) is 6.26 Å². The second-order valence-corrected chi connectivity index (χ2v) is 9.82. The van der Waals surface area contributed by atoms with Gasteiger partial charge in [-0.25, -0.2) is 8.42 Å². The summed E-state index contributed by atoms with van der Waals surface area (Å²) < 4.78 is 23.5. The van der Waals surface area contributed by atoms with E-state index >= 15 is 0 Å². The fourth-order valence-electron chi connectivity index (χ4n) is 2.01. The molecule has 0 aliphatic heterocycles. The molecule has 0 aliphatic rings. The second kappa shape index (κ2) is 6.93. The van der Waals surface area contributed by atoms with Gasteiger partial charge < -0.3 is 4.90 Å². The van der Waals surface area contributed by atoms with Crippen molar-refractivity contribution in [3.05, 3.63) is 56.2 Å². The fourth-order valence-corrected chi connectivity index (χ4v) is 4.34. The molecule has 4 nitrogen and oxygen atoms in total. The number of carbonyl (C=O) groups excluding carboxylic acids is 1. The van der Waals surface area contributed by atoms with Gasteiger partial charge in [-0.15, -0.1) is 11.3 Å². The van der Waals surface area contributed by atoms with Gasteiger partial charge in [-0.3, -0.25) is 4.79 Å². The van der Waals surface area contributed by atoms with Crippen LogP contribution in [0.2, 0.25) is 0 Å². The van der Waals surface area contributed by atoms with Gasteiger partial charge in [0.1, 0.15) is 0 Å². The third-order valence-corrected chi connectivity index (χ3v) is 5.46. The van der Waals surface area contributed by atoms with Crippen molar-refractivity contribution in [2.45, 2.75) is 12.3 Å². The number of benzene rings is 1. The van der Waals surface area contributed by atoms with Crippen LogP contribution in [0.15, 0.2) is 40.2 Å². The molecule has 0 aliphatic carbocycles. The number of halogens is 1. The highest BCUT2D eigenvalue weighted by atomic mass is 79.9. The fraction of sp³-hybridized carbons (Fsp3) is 0.267. The summed E-state index contributed by atoms with van der Waals surface area (Å²) in [5, 5.41) is 0. The Balaban J connectivity index is 2.05. The average Bonchev–Trinajstić information content (AvgIpc) is 2.82. The van der Waals surface area contributed by atoms with Crippen LogP contribution in [-0.2, 0) is 22.1 Å². The van der Waals surface area contributed by atoms with E-state index in [0.717, 1.165) is 8.66 Å². The lowest BCUT2D eigenvalue weighted by atomic mass is 10.1. The first-order valence-corrected chi connectivity index (χ1v) is 10.2. The van der Waals surface area contributed by atoms with Crippen LogP contribution in [0.25, 0.3) is 0 Å². The Labute approximate surface area is 142 Å². The molecule has 22 heavy (non-hydrogen) atoms. The Morgan fingerprint density at radius 2 is 1.82 bits per heavy atom. The molecule has 0 saturated carbocycles. The van der Waals surface area contributed by atoms with Crippen molar-refractivity contribution in [1.29, 1.82) is 0 Å². The molecule has 0 radical (unpaired) electrons. The van der Waals surface area contributed by atoms with Crippen LogP contribution >= 0.6 is 27.3 Å². The van der Waals surface area contributed by atoms with Crippen molar-refractivity contribution in [1.82, 2.24) is 4.90 Å². The minimum Gasteiger partial charge on any atom is -0.337 e. The molecular weight excluding hydrogens is 386 g/mol. The molecule has 2 aromatic rings. The standard InChI is InChI=1S/C15H16BrNO3S2/c1-17(9-13-7-8-14(16)21-13)15(18)12-5-3-11(4-6-12)10-22(2,19)20/h3-8H,9-10H2,1-2H3. The molecule has 1 heterocycles. The summed E-state index contributed by atoms with van der Waals surface area (Å²) in [6.45, 7) is 0.542. The van der Waals surface area contributed by atoms with Crippen molar-refractivity contribution < 1.29 is 13.2 Å². The van der Waals surface area contributed by atoms with E-state index in [-0.39, 0.29) is 11.7 Å². The van der Waals surface area contributed by atoms with Crippen molar-refractivity contribution >= 4 is 43.0 Å². The smallest absolute Gasteiger partial charge is 0.253 e. The van der Waals surface area contributed by atoms with E-state index in [9.17, 15) is 13.2 Å². The molecule has 118 valence electrons. The average molecular weight is 402 g/mol. The number of hydrogen-bond donors (Lipinski definition) is 0. The maximum Gasteiger partial charge on any atom is 0.253 e. The Morgan fingerprint density at radius 3 is 2.32 bits per heavy atom. The van der Waals surface area contributed by atoms with Gasteiger partial charge in [0, 0.05) is 23.7 Å². The van der Waals surface area contributed by atoms with E-state index in [2.05, 4.69) is 15.9 Å². The summed E-state index contributed by atoms with van der Waals surface area (Å²) in [4.78, 5) is 15.1. The number of carbonyl (C=O) groups is 1. The third-order valence-electron chi connectivity index (χ3n) is 3.00. The molecule has 0 spiro atoms. The minimum absolute atomic E-state index is 0.0134. The first-order chi connectivity index (χ1) is 10.2. The molecule has 0 saturated heterocycles. The molecule has 1 aromatic heterocycles. The quantitative estimate of drug-likeness (QED) is 0.771. The maximum atomic E-state index is 12.4. The number of sulfone groups is 1. The number of hydrogen-bond acceptors (Lipinski definition) is 4. The Morgan fingerprint density at radius 1 is 1.18 bits per heavy atom. The molecule has 1 aromatic carbocycles. The van der Waals surface area contributed by atoms with Crippen LogP contribution < -0.4 is 0 Å². The summed E-state index contributed by atoms with van der Waals surface area (Å²) in [5.41, 5.74) is 1.24. The predicted molar refractivity (Wildman–Crippen MR) is 92.8 cm³/mol. The van der Waals surface area contributed by atoms with Crippen molar-refractivity contribution in [2.75, 3.05) is 13.3 Å². The second-order valence-electron chi connectivity index (χ2n) is 5.13. The molecule has 0 N–H and O–H groups in total. The monoisotopic (exact) mass is 401 g/mol. The maximum absolute atomic E-state index is 12.4. The van der Waals surface area contributed by atoms with Crippen molar-refractivity contribution in [3.8, 4) is 0 Å². The summed E-state index contributed by atoms with van der Waals surface area (Å²) in [6, 6.07) is 10.6. The van der Waals surface area contributed by atoms with Crippen LogP contribution in [-0.4, -0.2) is 32.5 Å². The van der Waals surface area contributed by atoms with E-state index < -0.39 is 9.84 Å². The highest BCUT2D eigenvalue weighted by molar-refractivity contribution is 9.11. The summed E-state index contributed by atoms with van der Waals surface area (Å²) in [7, 11) is -1.31. The zero-order valence-electron chi connectivity index (χ0n) is 12.2. The van der Waals surface area contributed by atoms with E-state index in [1.54, 1.807) is 47.5 Å². The highest BCUT2D eigenvalue weighted by Crippen LogP contribution is 2.23. The highest BCUT2D eigenvalue weighted by Gasteiger charge is 2.13. The third kappa shape index (κ3) is 4.93. The van der Waals surface area contributed by atoms with Gasteiger partial charge in [-0.05, 0) is 45.8 Å². The van der Waals surface area contributed by atoms with Gasteiger partial charge in [-0.2, -0.15) is 0 Å². The van der Waals surface area contributed by atoms with Gasteiger partial charge in [0.15, 0.2) is 9.84 Å². The van der Waals surface area contributed by atoms with Crippen LogP contribution in [0.3, 0.4) is 0 Å². The minimum atomic E-state index is -3.06. The van der Waals surface area contributed by atoms with Gasteiger partial charge >= 0.3 is 0 Å². The van der Waals surface area contributed by atoms with Crippen LogP contribution in [0.1, 0.15) is 20.8 Å². The number of nitrogens with zero attached hydrogens (tertiary/aromatic N) is 1. The van der Waals surface area contributed by atoms with Crippen LogP contribution in [0.5, 0.6) is 0 Å². The molecular formula is C15H16BrNO3S2. The number of thiophene rings is 1. The molecule has 0 atom stereocenters. The Hall–Kier alpha value is -1.18. The largest absolute Gasteiger partial charge is 0.337 e. The van der Waals surface area contributed by atoms with Crippen LogP contribution in [0.4, 0.5) is 0 Å². The number of amides is 1. The van der Waals surface area contributed by atoms with Gasteiger partial charge in [0.05, 0.1) is 16.1 Å². The van der Waals surface area contributed by atoms with Crippen molar-refractivity contribution in [3.63, 3.8) is 0 Å². The van der Waals surface area contributed by atoms with Gasteiger partial charge in [0.25, 0.3) is 5.91 Å². The van der Waals surface area contributed by atoms with Gasteiger partial charge in [0.2, 0.25) is 0 Å². The molecule has 0 fully saturated rings. The Bertz CT molecular complexity index is 766. The zero-order valence-corrected chi connectivity index (χ0v) is 15.5. The molecule has 2 rings (SSSR count). The first-order valence-electron chi connectivity index (χ1n) is 6.51. The van der Waals surface area contributed by atoms with Crippen LogP contribution in [0, 0.1) is 0 Å².